The van der Waals surface area contributed by atoms with Crippen molar-refractivity contribution in [1.82, 2.24) is 4.98 Å². The lowest BCUT2D eigenvalue weighted by Crippen LogP contribution is -2.29. The molecule has 0 bridgehead atoms. The van der Waals surface area contributed by atoms with E-state index in [4.69, 9.17) is 15.9 Å². The molecule has 0 saturated heterocycles. The van der Waals surface area contributed by atoms with Crippen molar-refractivity contribution >= 4 is 17.4 Å². The third-order valence-electron chi connectivity index (χ3n) is 2.73. The van der Waals surface area contributed by atoms with E-state index >= 15 is 0 Å². The number of nitrogens with two attached hydrogens (primary N) is 1. The van der Waals surface area contributed by atoms with Crippen LogP contribution in [0.15, 0.2) is 18.3 Å². The normalized spacial score (nSPS) is 10.3. The fraction of sp³-hybridized carbons (Fsp3) is 0.538. The predicted molar refractivity (Wildman–Crippen MR) is 77.5 cm³/mol. The van der Waals surface area contributed by atoms with Crippen LogP contribution in [-0.2, 0) is 4.79 Å². The zero-order valence-electron chi connectivity index (χ0n) is 11.5. The molecule has 0 saturated carbocycles. The number of carbonyl (C=O) groups is 1. The second-order valence-corrected chi connectivity index (χ2v) is 4.28. The van der Waals surface area contributed by atoms with Gasteiger partial charge in [-0.25, -0.2) is 4.98 Å². The van der Waals surface area contributed by atoms with Gasteiger partial charge in [0.2, 0.25) is 5.91 Å². The van der Waals surface area contributed by atoms with Gasteiger partial charge in [-0.1, -0.05) is 0 Å². The number of amides is 1. The molecular weight excluding hydrogens is 260 g/mol. The summed E-state index contributed by atoms with van der Waals surface area (Å²) >= 11 is 0. The first-order valence-corrected chi connectivity index (χ1v) is 6.64. The Labute approximate surface area is 118 Å². The molecule has 1 heterocycles. The van der Waals surface area contributed by atoms with E-state index in [1.165, 1.54) is 0 Å². The SMILES string of the molecule is NCCCC(=O)Nc1ccc(N(CCO)CCO)cn1. The zero-order chi connectivity index (χ0) is 14.8. The molecule has 112 valence electrons. The standard InChI is InChI=1S/C13H22N4O3/c14-5-1-2-13(20)16-12-4-3-11(10-15-12)17(6-8-18)7-9-19/h3-4,10,18-19H,1-2,5-9,14H2,(H,15,16,20). The summed E-state index contributed by atoms with van der Waals surface area (Å²) in [6.07, 6.45) is 2.62. The first-order chi connectivity index (χ1) is 9.71. The first kappa shape index (κ1) is 16.4. The molecule has 0 unspecified atom stereocenters. The van der Waals surface area contributed by atoms with E-state index in [2.05, 4.69) is 10.3 Å². The lowest BCUT2D eigenvalue weighted by Gasteiger charge is -2.22. The maximum Gasteiger partial charge on any atom is 0.225 e. The van der Waals surface area contributed by atoms with Crippen LogP contribution in [0.3, 0.4) is 0 Å². The molecule has 0 aliphatic heterocycles. The summed E-state index contributed by atoms with van der Waals surface area (Å²) < 4.78 is 0. The number of anilines is 2. The fourth-order valence-corrected chi connectivity index (χ4v) is 1.73. The van der Waals surface area contributed by atoms with E-state index < -0.39 is 0 Å². The molecule has 1 amide bonds. The molecule has 0 fully saturated rings. The van der Waals surface area contributed by atoms with Gasteiger partial charge in [0.25, 0.3) is 0 Å². The monoisotopic (exact) mass is 282 g/mol. The number of nitrogens with zero attached hydrogens (tertiary/aromatic N) is 2. The third kappa shape index (κ3) is 5.52. The molecule has 5 N–H and O–H groups in total. The van der Waals surface area contributed by atoms with Crippen LogP contribution in [-0.4, -0.2) is 54.0 Å². The Morgan fingerprint density at radius 2 is 2.00 bits per heavy atom. The molecule has 0 aliphatic carbocycles. The van der Waals surface area contributed by atoms with Gasteiger partial charge in [-0.3, -0.25) is 4.79 Å². The molecule has 20 heavy (non-hydrogen) atoms. The Kier molecular flexibility index (Phi) is 7.56. The van der Waals surface area contributed by atoms with E-state index in [1.54, 1.807) is 18.3 Å². The highest BCUT2D eigenvalue weighted by molar-refractivity contribution is 5.89. The van der Waals surface area contributed by atoms with Crippen molar-refractivity contribution in [2.45, 2.75) is 12.8 Å². The molecular formula is C13H22N4O3. The van der Waals surface area contributed by atoms with Gasteiger partial charge in [-0.2, -0.15) is 0 Å². The maximum absolute atomic E-state index is 11.5. The van der Waals surface area contributed by atoms with Crippen LogP contribution in [0.2, 0.25) is 0 Å². The zero-order valence-corrected chi connectivity index (χ0v) is 11.5. The Bertz CT molecular complexity index is 391. The van der Waals surface area contributed by atoms with Gasteiger partial charge >= 0.3 is 0 Å². The molecule has 0 spiro atoms. The molecule has 0 radical (unpaired) electrons. The number of carbonyl (C=O) groups excluding carboxylic acids is 1. The lowest BCUT2D eigenvalue weighted by molar-refractivity contribution is -0.116. The molecule has 1 aromatic heterocycles. The molecule has 0 aliphatic rings. The second-order valence-electron chi connectivity index (χ2n) is 4.28. The summed E-state index contributed by atoms with van der Waals surface area (Å²) in [4.78, 5) is 17.5. The summed E-state index contributed by atoms with van der Waals surface area (Å²) in [5.41, 5.74) is 6.12. The summed E-state index contributed by atoms with van der Waals surface area (Å²) in [7, 11) is 0. The van der Waals surface area contributed by atoms with Crippen molar-refractivity contribution in [3.8, 4) is 0 Å². The maximum atomic E-state index is 11.5. The largest absolute Gasteiger partial charge is 0.395 e. The number of nitrogens with one attached hydrogen (secondary N) is 1. The number of aliphatic hydroxyl groups is 2. The molecule has 7 heteroatoms. The Morgan fingerprint density at radius 3 is 2.50 bits per heavy atom. The summed E-state index contributed by atoms with van der Waals surface area (Å²) in [6, 6.07) is 3.48. The van der Waals surface area contributed by atoms with E-state index in [9.17, 15) is 4.79 Å². The molecule has 1 rings (SSSR count). The van der Waals surface area contributed by atoms with Crippen LogP contribution < -0.4 is 16.0 Å². The smallest absolute Gasteiger partial charge is 0.225 e. The molecule has 0 atom stereocenters. The number of hydrogen-bond donors (Lipinski definition) is 4. The Morgan fingerprint density at radius 1 is 1.30 bits per heavy atom. The van der Waals surface area contributed by atoms with Crippen molar-refractivity contribution in [3.05, 3.63) is 18.3 Å². The first-order valence-electron chi connectivity index (χ1n) is 6.64. The Balaban J connectivity index is 2.60. The minimum Gasteiger partial charge on any atom is -0.395 e. The van der Waals surface area contributed by atoms with Crippen molar-refractivity contribution in [1.29, 1.82) is 0 Å². The number of rotatable bonds is 9. The predicted octanol–water partition coefficient (Wildman–Crippen LogP) is -0.450. The average molecular weight is 282 g/mol. The third-order valence-corrected chi connectivity index (χ3v) is 2.73. The van der Waals surface area contributed by atoms with Gasteiger partial charge in [0.05, 0.1) is 25.1 Å². The van der Waals surface area contributed by atoms with Crippen molar-refractivity contribution in [2.24, 2.45) is 5.73 Å². The van der Waals surface area contributed by atoms with Crippen molar-refractivity contribution in [2.75, 3.05) is 43.1 Å². The van der Waals surface area contributed by atoms with Crippen molar-refractivity contribution in [3.63, 3.8) is 0 Å². The molecule has 0 aromatic carbocycles. The highest BCUT2D eigenvalue weighted by Gasteiger charge is 2.07. The summed E-state index contributed by atoms with van der Waals surface area (Å²) in [5, 5.41) is 20.6. The van der Waals surface area contributed by atoms with Gasteiger partial charge in [0, 0.05) is 19.5 Å². The van der Waals surface area contributed by atoms with Gasteiger partial charge < -0.3 is 26.2 Å². The highest BCUT2D eigenvalue weighted by atomic mass is 16.3. The minimum absolute atomic E-state index is 0.00240. The van der Waals surface area contributed by atoms with Crippen LogP contribution >= 0.6 is 0 Å². The number of aromatic nitrogens is 1. The lowest BCUT2D eigenvalue weighted by atomic mass is 10.3. The van der Waals surface area contributed by atoms with Gasteiger partial charge in [0.1, 0.15) is 5.82 Å². The average Bonchev–Trinajstić information content (AvgIpc) is 2.46. The van der Waals surface area contributed by atoms with Crippen LogP contribution in [0.4, 0.5) is 11.5 Å². The van der Waals surface area contributed by atoms with Gasteiger partial charge in [0.15, 0.2) is 0 Å². The van der Waals surface area contributed by atoms with Crippen LogP contribution in [0.5, 0.6) is 0 Å². The minimum atomic E-state index is -0.113. The van der Waals surface area contributed by atoms with Crippen LogP contribution in [0.25, 0.3) is 0 Å². The van der Waals surface area contributed by atoms with E-state index in [0.29, 0.717) is 38.3 Å². The van der Waals surface area contributed by atoms with Crippen molar-refractivity contribution < 1.29 is 15.0 Å². The van der Waals surface area contributed by atoms with E-state index in [1.807, 2.05) is 4.90 Å². The summed E-state index contributed by atoms with van der Waals surface area (Å²) in [5.74, 6) is 0.363. The fourth-order valence-electron chi connectivity index (χ4n) is 1.73. The van der Waals surface area contributed by atoms with Gasteiger partial charge in [-0.05, 0) is 25.1 Å². The van der Waals surface area contributed by atoms with E-state index in [0.717, 1.165) is 5.69 Å². The number of aliphatic hydroxyl groups excluding tert-OH is 2. The number of hydrogen-bond acceptors (Lipinski definition) is 6. The van der Waals surface area contributed by atoms with Crippen LogP contribution in [0, 0.1) is 0 Å². The van der Waals surface area contributed by atoms with Crippen LogP contribution in [0.1, 0.15) is 12.8 Å². The van der Waals surface area contributed by atoms with E-state index in [-0.39, 0.29) is 19.1 Å². The topological polar surface area (TPSA) is 112 Å². The summed E-state index contributed by atoms with van der Waals surface area (Å²) in [6.45, 7) is 1.32. The Hall–Kier alpha value is -1.70. The second kappa shape index (κ2) is 9.24. The quantitative estimate of drug-likeness (QED) is 0.488. The molecule has 7 nitrogen and oxygen atoms in total. The molecule has 1 aromatic rings. The van der Waals surface area contributed by atoms with Gasteiger partial charge in [-0.15, -0.1) is 0 Å². The highest BCUT2D eigenvalue weighted by Crippen LogP contribution is 2.14. The number of pyridine rings is 1.